The number of rotatable bonds is 2. The Morgan fingerprint density at radius 2 is 2.29 bits per heavy atom. The lowest BCUT2D eigenvalue weighted by Crippen LogP contribution is -2.35. The average Bonchev–Trinajstić information content (AvgIpc) is 2.58. The largest absolute Gasteiger partial charge is 0.345 e. The van der Waals surface area contributed by atoms with E-state index in [1.54, 1.807) is 6.07 Å². The van der Waals surface area contributed by atoms with Gasteiger partial charge in [-0.2, -0.15) is 0 Å². The van der Waals surface area contributed by atoms with Gasteiger partial charge in [-0.25, -0.2) is 13.4 Å². The molecule has 0 saturated carbocycles. The van der Waals surface area contributed by atoms with Crippen LogP contribution in [0.15, 0.2) is 29.8 Å². The van der Waals surface area contributed by atoms with Gasteiger partial charge in [-0.15, -0.1) is 0 Å². The fraction of sp³-hybridized carbons (Fsp3) is 0.200. The van der Waals surface area contributed by atoms with Crippen molar-refractivity contribution >= 4 is 27.3 Å². The molecular weight excluding hydrogens is 264 g/mol. The Bertz CT molecular complexity index is 583. The maximum absolute atomic E-state index is 11.8. The van der Waals surface area contributed by atoms with Crippen LogP contribution >= 0.6 is 11.6 Å². The van der Waals surface area contributed by atoms with Gasteiger partial charge in [0, 0.05) is 11.6 Å². The van der Waals surface area contributed by atoms with Crippen molar-refractivity contribution in [2.24, 2.45) is 0 Å². The van der Waals surface area contributed by atoms with Crippen LogP contribution in [0.3, 0.4) is 0 Å². The highest BCUT2D eigenvalue weighted by molar-refractivity contribution is 7.94. The summed E-state index contributed by atoms with van der Waals surface area (Å²) in [5.41, 5.74) is 0.229. The molecule has 17 heavy (non-hydrogen) atoms. The zero-order valence-electron chi connectivity index (χ0n) is 8.63. The van der Waals surface area contributed by atoms with Crippen LogP contribution in [0.25, 0.3) is 0 Å². The maximum atomic E-state index is 11.8. The first-order chi connectivity index (χ1) is 7.98. The summed E-state index contributed by atoms with van der Waals surface area (Å²) >= 11 is 5.75. The van der Waals surface area contributed by atoms with E-state index < -0.39 is 21.8 Å². The number of pyridine rings is 1. The molecule has 0 spiro atoms. The predicted molar refractivity (Wildman–Crippen MR) is 63.4 cm³/mol. The number of sulfone groups is 1. The van der Waals surface area contributed by atoms with Gasteiger partial charge in [-0.3, -0.25) is 4.79 Å². The molecule has 7 heteroatoms. The number of carbonyl (C=O) groups excluding carboxylic acids is 1. The summed E-state index contributed by atoms with van der Waals surface area (Å²) in [4.78, 5) is 15.5. The van der Waals surface area contributed by atoms with Gasteiger partial charge in [0.05, 0.1) is 17.4 Å². The summed E-state index contributed by atoms with van der Waals surface area (Å²) in [6.07, 6.45) is 2.91. The standard InChI is InChI=1S/C10H9ClN2O3S/c11-9-8(2-1-4-12-9)10(14)13-7-3-5-17(15,16)6-7/h1-5,7H,6H2,(H,13,14). The van der Waals surface area contributed by atoms with Crippen molar-refractivity contribution in [1.82, 2.24) is 10.3 Å². The van der Waals surface area contributed by atoms with Crippen LogP contribution < -0.4 is 5.32 Å². The Balaban J connectivity index is 2.09. The van der Waals surface area contributed by atoms with Crippen molar-refractivity contribution in [1.29, 1.82) is 0 Å². The molecule has 0 fully saturated rings. The minimum Gasteiger partial charge on any atom is -0.345 e. The molecule has 2 heterocycles. The number of aromatic nitrogens is 1. The number of nitrogens with zero attached hydrogens (tertiary/aromatic N) is 1. The fourth-order valence-electron chi connectivity index (χ4n) is 1.47. The molecule has 5 nitrogen and oxygen atoms in total. The fourth-order valence-corrected chi connectivity index (χ4v) is 2.91. The number of nitrogens with one attached hydrogen (secondary N) is 1. The third kappa shape index (κ3) is 2.83. The summed E-state index contributed by atoms with van der Waals surface area (Å²) in [5.74, 6) is -0.550. The summed E-state index contributed by atoms with van der Waals surface area (Å²) in [7, 11) is -3.18. The van der Waals surface area contributed by atoms with Gasteiger partial charge in [-0.05, 0) is 18.2 Å². The Morgan fingerprint density at radius 3 is 2.88 bits per heavy atom. The van der Waals surface area contributed by atoms with Crippen molar-refractivity contribution in [2.75, 3.05) is 5.75 Å². The van der Waals surface area contributed by atoms with Gasteiger partial charge in [-0.1, -0.05) is 11.6 Å². The first kappa shape index (κ1) is 12.1. The lowest BCUT2D eigenvalue weighted by molar-refractivity contribution is 0.0947. The molecule has 1 unspecified atom stereocenters. The monoisotopic (exact) mass is 272 g/mol. The first-order valence-electron chi connectivity index (χ1n) is 4.80. The molecule has 1 aromatic heterocycles. The summed E-state index contributed by atoms with van der Waals surface area (Å²) in [5, 5.41) is 3.75. The third-order valence-electron chi connectivity index (χ3n) is 2.25. The number of hydrogen-bond acceptors (Lipinski definition) is 4. The second kappa shape index (κ2) is 4.46. The van der Waals surface area contributed by atoms with Crippen LogP contribution in [-0.2, 0) is 9.84 Å². The number of carbonyl (C=O) groups is 1. The molecule has 1 N–H and O–H groups in total. The average molecular weight is 273 g/mol. The van der Waals surface area contributed by atoms with Crippen LogP contribution in [0.1, 0.15) is 10.4 Å². The molecule has 0 bridgehead atoms. The van der Waals surface area contributed by atoms with E-state index in [1.807, 2.05) is 0 Å². The van der Waals surface area contributed by atoms with E-state index in [9.17, 15) is 13.2 Å². The molecule has 0 aromatic carbocycles. The topological polar surface area (TPSA) is 76.1 Å². The quantitative estimate of drug-likeness (QED) is 0.807. The Morgan fingerprint density at radius 1 is 1.53 bits per heavy atom. The van der Waals surface area contributed by atoms with E-state index in [4.69, 9.17) is 11.6 Å². The van der Waals surface area contributed by atoms with Crippen LogP contribution in [0.2, 0.25) is 5.15 Å². The SMILES string of the molecule is O=C(NC1C=CS(=O)(=O)C1)c1cccnc1Cl. The lowest BCUT2D eigenvalue weighted by Gasteiger charge is -2.10. The zero-order chi connectivity index (χ0) is 12.5. The van der Waals surface area contributed by atoms with Gasteiger partial charge in [0.2, 0.25) is 0 Å². The van der Waals surface area contributed by atoms with Crippen molar-refractivity contribution in [3.05, 3.63) is 40.5 Å². The lowest BCUT2D eigenvalue weighted by atomic mass is 10.2. The summed E-state index contributed by atoms with van der Waals surface area (Å²) in [6.45, 7) is 0. The Hall–Kier alpha value is -1.40. The molecular formula is C10H9ClN2O3S. The normalized spacial score (nSPS) is 21.4. The molecule has 90 valence electrons. The Labute approximate surface area is 103 Å². The number of amides is 1. The van der Waals surface area contributed by atoms with E-state index in [0.29, 0.717) is 0 Å². The zero-order valence-corrected chi connectivity index (χ0v) is 10.2. The summed E-state index contributed by atoms with van der Waals surface area (Å²) < 4.78 is 22.3. The highest BCUT2D eigenvalue weighted by Gasteiger charge is 2.24. The molecule has 0 radical (unpaired) electrons. The Kier molecular flexibility index (Phi) is 3.17. The number of halogens is 1. The van der Waals surface area contributed by atoms with Crippen LogP contribution in [0.4, 0.5) is 0 Å². The molecule has 0 saturated heterocycles. The van der Waals surface area contributed by atoms with Gasteiger partial charge in [0.15, 0.2) is 9.84 Å². The smallest absolute Gasteiger partial charge is 0.254 e. The van der Waals surface area contributed by atoms with Crippen LogP contribution in [-0.4, -0.2) is 31.1 Å². The third-order valence-corrected chi connectivity index (χ3v) is 3.95. The highest BCUT2D eigenvalue weighted by Crippen LogP contribution is 2.13. The molecule has 1 atom stereocenters. The predicted octanol–water partition coefficient (Wildman–Crippen LogP) is 0.775. The maximum Gasteiger partial charge on any atom is 0.254 e. The second-order valence-corrected chi connectivity index (χ2v) is 5.87. The molecule has 2 rings (SSSR count). The highest BCUT2D eigenvalue weighted by atomic mass is 35.5. The van der Waals surface area contributed by atoms with E-state index in [1.165, 1.54) is 18.3 Å². The minimum atomic E-state index is -3.18. The van der Waals surface area contributed by atoms with E-state index in [-0.39, 0.29) is 16.5 Å². The minimum absolute atomic E-state index is 0.0924. The van der Waals surface area contributed by atoms with Crippen LogP contribution in [0.5, 0.6) is 0 Å². The first-order valence-corrected chi connectivity index (χ1v) is 6.89. The second-order valence-electron chi connectivity index (χ2n) is 3.58. The van der Waals surface area contributed by atoms with E-state index >= 15 is 0 Å². The molecule has 1 aliphatic heterocycles. The molecule has 1 amide bonds. The van der Waals surface area contributed by atoms with Gasteiger partial charge in [0.1, 0.15) is 5.15 Å². The molecule has 0 aliphatic carbocycles. The van der Waals surface area contributed by atoms with Gasteiger partial charge < -0.3 is 5.32 Å². The molecule has 1 aromatic rings. The van der Waals surface area contributed by atoms with Crippen molar-refractivity contribution in [2.45, 2.75) is 6.04 Å². The van der Waals surface area contributed by atoms with Gasteiger partial charge >= 0.3 is 0 Å². The van der Waals surface area contributed by atoms with E-state index in [2.05, 4.69) is 10.3 Å². The summed E-state index contributed by atoms with van der Waals surface area (Å²) in [6, 6.07) is 2.60. The van der Waals surface area contributed by atoms with Crippen molar-refractivity contribution < 1.29 is 13.2 Å². The van der Waals surface area contributed by atoms with Crippen molar-refractivity contribution in [3.8, 4) is 0 Å². The number of hydrogen-bond donors (Lipinski definition) is 1. The van der Waals surface area contributed by atoms with Crippen LogP contribution in [0, 0.1) is 0 Å². The van der Waals surface area contributed by atoms with Gasteiger partial charge in [0.25, 0.3) is 5.91 Å². The van der Waals surface area contributed by atoms with E-state index in [0.717, 1.165) is 5.41 Å². The van der Waals surface area contributed by atoms with Crippen molar-refractivity contribution in [3.63, 3.8) is 0 Å². The molecule has 1 aliphatic rings.